The molecular weight excluding hydrogens is 288 g/mol. The first-order chi connectivity index (χ1) is 10.6. The number of nitrogens with one attached hydrogen (secondary N) is 1. The molecule has 0 fully saturated rings. The fourth-order valence-electron chi connectivity index (χ4n) is 2.15. The van der Waals surface area contributed by atoms with Crippen molar-refractivity contribution in [3.63, 3.8) is 0 Å². The second-order valence-corrected chi connectivity index (χ2v) is 4.48. The molecule has 0 spiro atoms. The van der Waals surface area contributed by atoms with Gasteiger partial charge in [0.1, 0.15) is 0 Å². The third kappa shape index (κ3) is 2.26. The number of anilines is 2. The molecule has 1 aromatic carbocycles. The number of imidazole rings is 1. The number of benzene rings is 1. The lowest BCUT2D eigenvalue weighted by Crippen LogP contribution is -1.98. The summed E-state index contributed by atoms with van der Waals surface area (Å²) in [7, 11) is 1.44. The highest BCUT2D eigenvalue weighted by Crippen LogP contribution is 2.32. The molecule has 0 unspecified atom stereocenters. The Kier molecular flexibility index (Phi) is 3.26. The predicted molar refractivity (Wildman–Crippen MR) is 79.8 cm³/mol. The van der Waals surface area contributed by atoms with Crippen molar-refractivity contribution in [3.8, 4) is 11.5 Å². The Labute approximate surface area is 124 Å². The van der Waals surface area contributed by atoms with Crippen molar-refractivity contribution < 1.29 is 14.8 Å². The highest BCUT2D eigenvalue weighted by molar-refractivity contribution is 5.70. The van der Waals surface area contributed by atoms with Gasteiger partial charge >= 0.3 is 5.82 Å². The molecule has 2 N–H and O–H groups in total. The summed E-state index contributed by atoms with van der Waals surface area (Å²) >= 11 is 0. The molecular formula is C14H12N4O4. The van der Waals surface area contributed by atoms with Crippen LogP contribution in [0.2, 0.25) is 0 Å². The monoisotopic (exact) mass is 300 g/mol. The Morgan fingerprint density at radius 3 is 2.86 bits per heavy atom. The molecule has 2 heterocycles. The number of hydrogen-bond donors (Lipinski definition) is 2. The summed E-state index contributed by atoms with van der Waals surface area (Å²) in [5.41, 5.74) is 0.916. The van der Waals surface area contributed by atoms with E-state index in [2.05, 4.69) is 10.3 Å². The maximum absolute atomic E-state index is 11.3. The summed E-state index contributed by atoms with van der Waals surface area (Å²) in [5.74, 6) is 0.167. The Hall–Kier alpha value is -3.29. The number of methoxy groups -OCH3 is 1. The van der Waals surface area contributed by atoms with Crippen molar-refractivity contribution >= 4 is 23.0 Å². The average Bonchev–Trinajstić information content (AvgIpc) is 2.85. The molecule has 8 nitrogen and oxygen atoms in total. The van der Waals surface area contributed by atoms with Gasteiger partial charge in [0.2, 0.25) is 11.5 Å². The fourth-order valence-corrected chi connectivity index (χ4v) is 2.15. The maximum Gasteiger partial charge on any atom is 0.372 e. The molecule has 22 heavy (non-hydrogen) atoms. The lowest BCUT2D eigenvalue weighted by Gasteiger charge is -2.07. The number of phenolic OH excluding ortho intramolecular Hbond substituents is 1. The van der Waals surface area contributed by atoms with Crippen LogP contribution in [-0.4, -0.2) is 26.5 Å². The van der Waals surface area contributed by atoms with E-state index in [9.17, 15) is 15.2 Å². The van der Waals surface area contributed by atoms with Gasteiger partial charge in [-0.25, -0.2) is 0 Å². The largest absolute Gasteiger partial charge is 0.504 e. The van der Waals surface area contributed by atoms with E-state index in [4.69, 9.17) is 4.74 Å². The van der Waals surface area contributed by atoms with Gasteiger partial charge in [0.15, 0.2) is 11.5 Å². The van der Waals surface area contributed by atoms with E-state index < -0.39 is 4.92 Å². The minimum atomic E-state index is -0.508. The van der Waals surface area contributed by atoms with E-state index in [-0.39, 0.29) is 17.4 Å². The zero-order valence-electron chi connectivity index (χ0n) is 11.6. The highest BCUT2D eigenvalue weighted by Gasteiger charge is 2.22. The minimum absolute atomic E-state index is 0.0704. The second-order valence-electron chi connectivity index (χ2n) is 4.48. The van der Waals surface area contributed by atoms with E-state index in [1.54, 1.807) is 36.5 Å². The lowest BCUT2D eigenvalue weighted by molar-refractivity contribution is -0.389. The third-order valence-electron chi connectivity index (χ3n) is 3.12. The van der Waals surface area contributed by atoms with Crippen LogP contribution in [0.5, 0.6) is 11.5 Å². The van der Waals surface area contributed by atoms with Crippen molar-refractivity contribution in [2.45, 2.75) is 0 Å². The second kappa shape index (κ2) is 5.24. The average molecular weight is 300 g/mol. The Balaban J connectivity index is 2.05. The number of pyridine rings is 1. The highest BCUT2D eigenvalue weighted by atomic mass is 16.6. The standard InChI is InChI=1S/C14H12N4O4/c1-22-11-6-5-9(8-10(11)19)15-13-14(18(20)21)17-7-3-2-4-12(17)16-13/h2-8,15,19H,1H3. The first-order valence-electron chi connectivity index (χ1n) is 6.35. The zero-order valence-corrected chi connectivity index (χ0v) is 11.6. The van der Waals surface area contributed by atoms with Gasteiger partial charge in [-0.2, -0.15) is 9.38 Å². The number of fused-ring (bicyclic) bond motifs is 1. The summed E-state index contributed by atoms with van der Waals surface area (Å²) in [6, 6.07) is 9.70. The zero-order chi connectivity index (χ0) is 15.7. The number of nitro groups is 1. The molecule has 0 saturated heterocycles. The first-order valence-corrected chi connectivity index (χ1v) is 6.35. The molecule has 0 amide bonds. The van der Waals surface area contributed by atoms with Gasteiger partial charge in [-0.15, -0.1) is 0 Å². The molecule has 0 radical (unpaired) electrons. The molecule has 112 valence electrons. The topological polar surface area (TPSA) is 102 Å². The van der Waals surface area contributed by atoms with Crippen LogP contribution in [-0.2, 0) is 0 Å². The van der Waals surface area contributed by atoms with E-state index in [1.165, 1.54) is 17.6 Å². The summed E-state index contributed by atoms with van der Waals surface area (Å²) in [6.07, 6.45) is 1.57. The number of phenols is 1. The lowest BCUT2D eigenvalue weighted by atomic mass is 10.3. The normalized spacial score (nSPS) is 10.6. The van der Waals surface area contributed by atoms with Crippen LogP contribution in [0.3, 0.4) is 0 Å². The van der Waals surface area contributed by atoms with Gasteiger partial charge in [0.25, 0.3) is 0 Å². The smallest absolute Gasteiger partial charge is 0.372 e. The Morgan fingerprint density at radius 2 is 2.18 bits per heavy atom. The fraction of sp³-hybridized carbons (Fsp3) is 0.0714. The van der Waals surface area contributed by atoms with Gasteiger partial charge in [0, 0.05) is 17.8 Å². The molecule has 0 bridgehead atoms. The summed E-state index contributed by atoms with van der Waals surface area (Å²) in [6.45, 7) is 0. The van der Waals surface area contributed by atoms with Gasteiger partial charge in [-0.05, 0) is 23.1 Å². The van der Waals surface area contributed by atoms with Crippen LogP contribution >= 0.6 is 0 Å². The van der Waals surface area contributed by atoms with Crippen LogP contribution in [0.4, 0.5) is 17.3 Å². The molecule has 0 aliphatic heterocycles. The molecule has 8 heteroatoms. The minimum Gasteiger partial charge on any atom is -0.504 e. The molecule has 0 saturated carbocycles. The number of hydrogen-bond acceptors (Lipinski definition) is 6. The Bertz CT molecular complexity index is 859. The van der Waals surface area contributed by atoms with E-state index >= 15 is 0 Å². The molecule has 0 atom stereocenters. The van der Waals surface area contributed by atoms with Crippen LogP contribution in [0.1, 0.15) is 0 Å². The number of ether oxygens (including phenoxy) is 1. The number of aromatic hydroxyl groups is 1. The van der Waals surface area contributed by atoms with Crippen LogP contribution < -0.4 is 10.1 Å². The summed E-state index contributed by atoms with van der Waals surface area (Å²) in [5, 5.41) is 23.9. The summed E-state index contributed by atoms with van der Waals surface area (Å²) in [4.78, 5) is 15.0. The molecule has 2 aromatic heterocycles. The molecule has 0 aliphatic carbocycles. The van der Waals surface area contributed by atoms with E-state index in [1.807, 2.05) is 0 Å². The van der Waals surface area contributed by atoms with E-state index in [0.29, 0.717) is 17.1 Å². The quantitative estimate of drug-likeness (QED) is 0.567. The van der Waals surface area contributed by atoms with Gasteiger partial charge < -0.3 is 25.3 Å². The van der Waals surface area contributed by atoms with Gasteiger partial charge in [0.05, 0.1) is 13.3 Å². The predicted octanol–water partition coefficient (Wildman–Crippen LogP) is 2.70. The third-order valence-corrected chi connectivity index (χ3v) is 3.12. The van der Waals surface area contributed by atoms with Crippen LogP contribution in [0.25, 0.3) is 5.65 Å². The molecule has 3 rings (SSSR count). The van der Waals surface area contributed by atoms with Crippen molar-refractivity contribution in [1.82, 2.24) is 9.38 Å². The summed E-state index contributed by atoms with van der Waals surface area (Å²) < 4.78 is 6.34. The van der Waals surface area contributed by atoms with Crippen molar-refractivity contribution in [2.75, 3.05) is 12.4 Å². The van der Waals surface area contributed by atoms with Gasteiger partial charge in [-0.1, -0.05) is 6.07 Å². The maximum atomic E-state index is 11.3. The van der Waals surface area contributed by atoms with Crippen molar-refractivity contribution in [3.05, 3.63) is 52.7 Å². The van der Waals surface area contributed by atoms with Gasteiger partial charge in [-0.3, -0.25) is 0 Å². The Morgan fingerprint density at radius 1 is 1.36 bits per heavy atom. The van der Waals surface area contributed by atoms with Crippen LogP contribution in [0, 0.1) is 10.1 Å². The molecule has 3 aromatic rings. The number of rotatable bonds is 4. The SMILES string of the molecule is COc1ccc(Nc2nc3ccccn3c2[N+](=O)[O-])cc1O. The number of nitrogens with zero attached hydrogens (tertiary/aromatic N) is 3. The van der Waals surface area contributed by atoms with Crippen molar-refractivity contribution in [1.29, 1.82) is 0 Å². The van der Waals surface area contributed by atoms with Crippen LogP contribution in [0.15, 0.2) is 42.6 Å². The first kappa shape index (κ1) is 13.7. The number of aromatic nitrogens is 2. The van der Waals surface area contributed by atoms with Crippen molar-refractivity contribution in [2.24, 2.45) is 0 Å². The molecule has 0 aliphatic rings. The van der Waals surface area contributed by atoms with E-state index in [0.717, 1.165) is 0 Å².